The Morgan fingerprint density at radius 3 is 2.32 bits per heavy atom. The van der Waals surface area contributed by atoms with E-state index < -0.39 is 11.9 Å². The number of allylic oxidation sites excluding steroid dienone is 2. The van der Waals surface area contributed by atoms with Crippen molar-refractivity contribution in [3.05, 3.63) is 71.8 Å². The Morgan fingerprint density at radius 2 is 1.72 bits per heavy atom. The van der Waals surface area contributed by atoms with Crippen molar-refractivity contribution in [2.75, 3.05) is 13.7 Å². The second-order valence-electron chi connectivity index (χ2n) is 5.85. The molecular weight excluding hydrogens is 316 g/mol. The SMILES string of the molecule is CCOC(=O)[C@H]1C(=O)C=C(c2ccc(OC)cc2)[C@@H]1c1ccccc1. The molecule has 0 N–H and O–H groups in total. The Kier molecular flexibility index (Phi) is 4.98. The van der Waals surface area contributed by atoms with Crippen LogP contribution in [0.3, 0.4) is 0 Å². The van der Waals surface area contributed by atoms with Crippen molar-refractivity contribution >= 4 is 17.3 Å². The van der Waals surface area contributed by atoms with E-state index in [2.05, 4.69) is 0 Å². The summed E-state index contributed by atoms with van der Waals surface area (Å²) in [6, 6.07) is 17.1. The van der Waals surface area contributed by atoms with Gasteiger partial charge in [0.1, 0.15) is 11.7 Å². The van der Waals surface area contributed by atoms with Gasteiger partial charge in [0.25, 0.3) is 0 Å². The maximum Gasteiger partial charge on any atom is 0.317 e. The van der Waals surface area contributed by atoms with Gasteiger partial charge in [-0.3, -0.25) is 9.59 Å². The summed E-state index contributed by atoms with van der Waals surface area (Å²) >= 11 is 0. The van der Waals surface area contributed by atoms with E-state index in [1.54, 1.807) is 20.1 Å². The highest BCUT2D eigenvalue weighted by molar-refractivity contribution is 6.15. The Morgan fingerprint density at radius 1 is 1.04 bits per heavy atom. The van der Waals surface area contributed by atoms with Gasteiger partial charge >= 0.3 is 5.97 Å². The number of ether oxygens (including phenoxy) is 2. The van der Waals surface area contributed by atoms with Gasteiger partial charge in [0.15, 0.2) is 5.78 Å². The molecule has 0 unspecified atom stereocenters. The Hall–Kier alpha value is -2.88. The second-order valence-corrected chi connectivity index (χ2v) is 5.85. The predicted molar refractivity (Wildman–Crippen MR) is 95.3 cm³/mol. The fourth-order valence-corrected chi connectivity index (χ4v) is 3.24. The van der Waals surface area contributed by atoms with Crippen molar-refractivity contribution in [3.63, 3.8) is 0 Å². The van der Waals surface area contributed by atoms with Crippen molar-refractivity contribution in [2.45, 2.75) is 12.8 Å². The first kappa shape index (κ1) is 17.0. The number of rotatable bonds is 5. The highest BCUT2D eigenvalue weighted by atomic mass is 16.5. The molecule has 0 saturated carbocycles. The van der Waals surface area contributed by atoms with Crippen LogP contribution in [-0.2, 0) is 14.3 Å². The lowest BCUT2D eigenvalue weighted by Gasteiger charge is -2.21. The average Bonchev–Trinajstić information content (AvgIpc) is 3.00. The molecule has 0 spiro atoms. The number of hydrogen-bond donors (Lipinski definition) is 0. The summed E-state index contributed by atoms with van der Waals surface area (Å²) in [6.45, 7) is 1.99. The van der Waals surface area contributed by atoms with Gasteiger partial charge in [0.05, 0.1) is 13.7 Å². The molecule has 0 bridgehead atoms. The maximum absolute atomic E-state index is 12.6. The van der Waals surface area contributed by atoms with Crippen LogP contribution in [0.1, 0.15) is 24.0 Å². The molecule has 0 aliphatic heterocycles. The Labute approximate surface area is 147 Å². The van der Waals surface area contributed by atoms with Gasteiger partial charge in [-0.05, 0) is 41.8 Å². The van der Waals surface area contributed by atoms with E-state index in [1.165, 1.54) is 0 Å². The van der Waals surface area contributed by atoms with Crippen LogP contribution in [0.15, 0.2) is 60.7 Å². The van der Waals surface area contributed by atoms with Crippen LogP contribution in [0.5, 0.6) is 5.75 Å². The number of carbonyl (C=O) groups excluding carboxylic acids is 2. The van der Waals surface area contributed by atoms with Gasteiger partial charge in [-0.2, -0.15) is 0 Å². The van der Waals surface area contributed by atoms with Gasteiger partial charge in [-0.15, -0.1) is 0 Å². The van der Waals surface area contributed by atoms with E-state index >= 15 is 0 Å². The summed E-state index contributed by atoms with van der Waals surface area (Å²) in [5.41, 5.74) is 2.65. The van der Waals surface area contributed by atoms with E-state index in [9.17, 15) is 9.59 Å². The molecule has 3 rings (SSSR count). The third-order valence-electron chi connectivity index (χ3n) is 4.40. The predicted octanol–water partition coefficient (Wildman–Crippen LogP) is 3.62. The molecule has 25 heavy (non-hydrogen) atoms. The van der Waals surface area contributed by atoms with Gasteiger partial charge in [-0.25, -0.2) is 0 Å². The third kappa shape index (κ3) is 3.33. The monoisotopic (exact) mass is 336 g/mol. The zero-order chi connectivity index (χ0) is 17.8. The van der Waals surface area contributed by atoms with Gasteiger partial charge in [-0.1, -0.05) is 42.5 Å². The molecule has 1 aliphatic rings. The van der Waals surface area contributed by atoms with Crippen LogP contribution in [0, 0.1) is 5.92 Å². The van der Waals surface area contributed by atoms with Crippen LogP contribution < -0.4 is 4.74 Å². The summed E-state index contributed by atoms with van der Waals surface area (Å²) in [4.78, 5) is 25.0. The molecule has 0 fully saturated rings. The number of esters is 1. The highest BCUT2D eigenvalue weighted by Crippen LogP contribution is 2.44. The Balaban J connectivity index is 2.04. The third-order valence-corrected chi connectivity index (χ3v) is 4.40. The van der Waals surface area contributed by atoms with Crippen molar-refractivity contribution in [1.82, 2.24) is 0 Å². The minimum atomic E-state index is -0.834. The fraction of sp³-hybridized carbons (Fsp3) is 0.238. The number of hydrogen-bond acceptors (Lipinski definition) is 4. The standard InChI is InChI=1S/C21H20O4/c1-3-25-21(23)20-18(22)13-17(14-9-11-16(24-2)12-10-14)19(20)15-7-5-4-6-8-15/h4-13,19-20H,3H2,1-2H3/t19-,20-/m0/s1. The number of carbonyl (C=O) groups is 2. The smallest absolute Gasteiger partial charge is 0.317 e. The molecule has 128 valence electrons. The van der Waals surface area contributed by atoms with Crippen molar-refractivity contribution in [1.29, 1.82) is 0 Å². The maximum atomic E-state index is 12.6. The largest absolute Gasteiger partial charge is 0.497 e. The molecular formula is C21H20O4. The number of methoxy groups -OCH3 is 1. The van der Waals surface area contributed by atoms with E-state index in [0.29, 0.717) is 0 Å². The van der Waals surface area contributed by atoms with E-state index in [1.807, 2.05) is 54.6 Å². The molecule has 0 saturated heterocycles. The quantitative estimate of drug-likeness (QED) is 0.618. The molecule has 4 heteroatoms. The van der Waals surface area contributed by atoms with Crippen LogP contribution in [0.4, 0.5) is 0 Å². The normalized spacial score (nSPS) is 19.4. The Bertz CT molecular complexity index is 790. The molecule has 0 amide bonds. The van der Waals surface area contributed by atoms with E-state index in [-0.39, 0.29) is 18.3 Å². The van der Waals surface area contributed by atoms with Crippen LogP contribution in [0.2, 0.25) is 0 Å². The molecule has 4 nitrogen and oxygen atoms in total. The molecule has 0 radical (unpaired) electrons. The molecule has 0 heterocycles. The van der Waals surface area contributed by atoms with E-state index in [0.717, 1.165) is 22.4 Å². The zero-order valence-electron chi connectivity index (χ0n) is 14.3. The molecule has 1 aliphatic carbocycles. The fourth-order valence-electron chi connectivity index (χ4n) is 3.24. The minimum Gasteiger partial charge on any atom is -0.497 e. The van der Waals surface area contributed by atoms with Crippen LogP contribution in [-0.4, -0.2) is 25.5 Å². The lowest BCUT2D eigenvalue weighted by Crippen LogP contribution is -2.27. The summed E-state index contributed by atoms with van der Waals surface area (Å²) in [6.07, 6.45) is 1.57. The molecule has 2 atom stereocenters. The van der Waals surface area contributed by atoms with Gasteiger partial charge < -0.3 is 9.47 Å². The minimum absolute atomic E-state index is 0.210. The summed E-state index contributed by atoms with van der Waals surface area (Å²) in [7, 11) is 1.61. The summed E-state index contributed by atoms with van der Waals surface area (Å²) in [5, 5.41) is 0. The average molecular weight is 336 g/mol. The molecule has 2 aromatic carbocycles. The lowest BCUT2D eigenvalue weighted by atomic mass is 9.82. The van der Waals surface area contributed by atoms with Crippen molar-refractivity contribution < 1.29 is 19.1 Å². The molecule has 0 aromatic heterocycles. The zero-order valence-corrected chi connectivity index (χ0v) is 14.3. The van der Waals surface area contributed by atoms with Gasteiger partial charge in [0, 0.05) is 5.92 Å². The number of ketones is 1. The summed E-state index contributed by atoms with van der Waals surface area (Å²) < 4.78 is 10.4. The first-order chi connectivity index (χ1) is 12.2. The summed E-state index contributed by atoms with van der Waals surface area (Å²) in [5.74, 6) is -1.12. The second kappa shape index (κ2) is 7.34. The van der Waals surface area contributed by atoms with Gasteiger partial charge in [0.2, 0.25) is 0 Å². The first-order valence-electron chi connectivity index (χ1n) is 8.27. The van der Waals surface area contributed by atoms with Crippen molar-refractivity contribution in [3.8, 4) is 5.75 Å². The number of benzene rings is 2. The highest BCUT2D eigenvalue weighted by Gasteiger charge is 2.43. The van der Waals surface area contributed by atoms with E-state index in [4.69, 9.17) is 9.47 Å². The lowest BCUT2D eigenvalue weighted by molar-refractivity contribution is -0.150. The van der Waals surface area contributed by atoms with Crippen LogP contribution in [0.25, 0.3) is 5.57 Å². The topological polar surface area (TPSA) is 52.6 Å². The van der Waals surface area contributed by atoms with Crippen LogP contribution >= 0.6 is 0 Å². The molecule has 2 aromatic rings. The van der Waals surface area contributed by atoms with Crippen molar-refractivity contribution in [2.24, 2.45) is 5.92 Å². The first-order valence-corrected chi connectivity index (χ1v) is 8.27.